The van der Waals surface area contributed by atoms with Gasteiger partial charge in [-0.2, -0.15) is 0 Å². The molecule has 0 radical (unpaired) electrons. The van der Waals surface area contributed by atoms with Crippen LogP contribution in [0.25, 0.3) is 0 Å². The lowest BCUT2D eigenvalue weighted by molar-refractivity contribution is 0.299. The highest BCUT2D eigenvalue weighted by molar-refractivity contribution is 7.84. The van der Waals surface area contributed by atoms with E-state index >= 15 is 0 Å². The van der Waals surface area contributed by atoms with Crippen molar-refractivity contribution in [2.24, 2.45) is 0 Å². The van der Waals surface area contributed by atoms with Crippen LogP contribution in [0.15, 0.2) is 4.63 Å². The molecular weight excluding hydrogens is 214 g/mol. The highest BCUT2D eigenvalue weighted by Crippen LogP contribution is 2.01. The molecule has 2 unspecified atom stereocenters. The van der Waals surface area contributed by atoms with Gasteiger partial charge >= 0.3 is 0 Å². The van der Waals surface area contributed by atoms with Crippen LogP contribution in [0.3, 0.4) is 0 Å². The van der Waals surface area contributed by atoms with E-state index in [2.05, 4.69) is 27.2 Å². The fourth-order valence-corrected chi connectivity index (χ4v) is 1.81. The third-order valence-electron chi connectivity index (χ3n) is 2.20. The summed E-state index contributed by atoms with van der Waals surface area (Å²) in [6.45, 7) is 4.57. The van der Waals surface area contributed by atoms with Crippen LogP contribution in [-0.4, -0.2) is 32.6 Å². The Labute approximate surface area is 92.0 Å². The molecule has 0 amide bonds. The quantitative estimate of drug-likeness (QED) is 0.777. The molecule has 0 saturated heterocycles. The summed E-state index contributed by atoms with van der Waals surface area (Å²) in [5, 5.41) is 10.8. The Hall–Kier alpha value is -0.750. The lowest BCUT2D eigenvalue weighted by Crippen LogP contribution is -2.27. The predicted octanol–water partition coefficient (Wildman–Crippen LogP) is 0.625. The zero-order chi connectivity index (χ0) is 11.3. The molecule has 0 bridgehead atoms. The van der Waals surface area contributed by atoms with E-state index in [1.54, 1.807) is 6.26 Å². The van der Waals surface area contributed by atoms with Crippen molar-refractivity contribution in [1.82, 2.24) is 15.6 Å². The minimum atomic E-state index is -0.717. The van der Waals surface area contributed by atoms with Gasteiger partial charge in [0.1, 0.15) is 11.4 Å². The number of nitrogens with one attached hydrogen (secondary N) is 1. The van der Waals surface area contributed by atoms with E-state index in [1.807, 2.05) is 6.92 Å². The molecule has 1 aromatic heterocycles. The first-order valence-corrected chi connectivity index (χ1v) is 6.63. The summed E-state index contributed by atoms with van der Waals surface area (Å²) in [6, 6.07) is 0.324. The SMILES string of the molecule is Cc1nonc1CNC(C)CCS(C)=O. The van der Waals surface area contributed by atoms with Crippen LogP contribution in [0.2, 0.25) is 0 Å². The highest BCUT2D eigenvalue weighted by atomic mass is 32.2. The Balaban J connectivity index is 2.25. The van der Waals surface area contributed by atoms with Crippen LogP contribution in [0, 0.1) is 6.92 Å². The first kappa shape index (κ1) is 12.3. The first-order valence-electron chi connectivity index (χ1n) is 4.91. The van der Waals surface area contributed by atoms with Gasteiger partial charge < -0.3 is 5.32 Å². The second-order valence-corrected chi connectivity index (χ2v) is 5.20. The molecule has 5 nitrogen and oxygen atoms in total. The van der Waals surface area contributed by atoms with Crippen molar-refractivity contribution in [3.8, 4) is 0 Å². The van der Waals surface area contributed by atoms with Gasteiger partial charge in [-0.15, -0.1) is 0 Å². The van der Waals surface area contributed by atoms with Gasteiger partial charge in [-0.05, 0) is 20.3 Å². The smallest absolute Gasteiger partial charge is 0.121 e. The fourth-order valence-electron chi connectivity index (χ4n) is 1.13. The first-order chi connectivity index (χ1) is 7.09. The summed E-state index contributed by atoms with van der Waals surface area (Å²) >= 11 is 0. The number of aryl methyl sites for hydroxylation is 1. The van der Waals surface area contributed by atoms with Crippen molar-refractivity contribution in [2.45, 2.75) is 32.9 Å². The molecular formula is C9H17N3O2S. The summed E-state index contributed by atoms with van der Waals surface area (Å²) in [5.41, 5.74) is 1.65. The van der Waals surface area contributed by atoms with E-state index in [0.29, 0.717) is 12.6 Å². The second-order valence-electron chi connectivity index (χ2n) is 3.64. The topological polar surface area (TPSA) is 68.0 Å². The largest absolute Gasteiger partial charge is 0.308 e. The van der Waals surface area contributed by atoms with Gasteiger partial charge in [0.25, 0.3) is 0 Å². The summed E-state index contributed by atoms with van der Waals surface area (Å²) < 4.78 is 15.5. The van der Waals surface area contributed by atoms with Gasteiger partial charge in [0.15, 0.2) is 0 Å². The Morgan fingerprint density at radius 1 is 1.53 bits per heavy atom. The molecule has 0 saturated carbocycles. The van der Waals surface area contributed by atoms with Crippen molar-refractivity contribution in [2.75, 3.05) is 12.0 Å². The van der Waals surface area contributed by atoms with Gasteiger partial charge in [-0.1, -0.05) is 10.3 Å². The van der Waals surface area contributed by atoms with Gasteiger partial charge in [-0.25, -0.2) is 4.63 Å². The van der Waals surface area contributed by atoms with E-state index in [9.17, 15) is 4.21 Å². The highest BCUT2D eigenvalue weighted by Gasteiger charge is 2.07. The summed E-state index contributed by atoms with van der Waals surface area (Å²) in [6.07, 6.45) is 2.62. The maximum absolute atomic E-state index is 10.9. The van der Waals surface area contributed by atoms with Crippen molar-refractivity contribution < 1.29 is 8.84 Å². The fraction of sp³-hybridized carbons (Fsp3) is 0.778. The van der Waals surface area contributed by atoms with Crippen LogP contribution in [0.1, 0.15) is 24.7 Å². The van der Waals surface area contributed by atoms with E-state index in [4.69, 9.17) is 0 Å². The van der Waals surface area contributed by atoms with Crippen LogP contribution < -0.4 is 5.32 Å². The lowest BCUT2D eigenvalue weighted by atomic mass is 10.2. The number of nitrogens with zero attached hydrogens (tertiary/aromatic N) is 2. The van der Waals surface area contributed by atoms with Gasteiger partial charge in [-0.3, -0.25) is 4.21 Å². The summed E-state index contributed by atoms with van der Waals surface area (Å²) in [7, 11) is -0.717. The molecule has 1 N–H and O–H groups in total. The standard InChI is InChI=1S/C9H17N3O2S/c1-7(4-5-15(3)13)10-6-9-8(2)11-14-12-9/h7,10H,4-6H2,1-3H3. The van der Waals surface area contributed by atoms with E-state index in [1.165, 1.54) is 0 Å². The zero-order valence-electron chi connectivity index (χ0n) is 9.32. The third-order valence-corrected chi connectivity index (χ3v) is 3.01. The van der Waals surface area contributed by atoms with Crippen LogP contribution in [-0.2, 0) is 17.3 Å². The normalized spacial score (nSPS) is 15.1. The Bertz CT molecular complexity index is 327. The number of aromatic nitrogens is 2. The van der Waals surface area contributed by atoms with Crippen molar-refractivity contribution in [1.29, 1.82) is 0 Å². The number of hydrogen-bond donors (Lipinski definition) is 1. The molecule has 0 fully saturated rings. The van der Waals surface area contributed by atoms with Gasteiger partial charge in [0, 0.05) is 35.4 Å². The molecule has 0 spiro atoms. The van der Waals surface area contributed by atoms with Crippen LogP contribution in [0.4, 0.5) is 0 Å². The molecule has 86 valence electrons. The molecule has 15 heavy (non-hydrogen) atoms. The average molecular weight is 231 g/mol. The molecule has 2 atom stereocenters. The summed E-state index contributed by atoms with van der Waals surface area (Å²) in [4.78, 5) is 0. The van der Waals surface area contributed by atoms with Gasteiger partial charge in [0.2, 0.25) is 0 Å². The van der Waals surface area contributed by atoms with Crippen molar-refractivity contribution >= 4 is 10.8 Å². The monoisotopic (exact) mass is 231 g/mol. The minimum Gasteiger partial charge on any atom is -0.308 e. The average Bonchev–Trinajstić information content (AvgIpc) is 2.58. The van der Waals surface area contributed by atoms with Crippen molar-refractivity contribution in [3.05, 3.63) is 11.4 Å². The number of hydrogen-bond acceptors (Lipinski definition) is 5. The Morgan fingerprint density at radius 2 is 2.27 bits per heavy atom. The molecule has 0 aliphatic carbocycles. The molecule has 6 heteroatoms. The maximum Gasteiger partial charge on any atom is 0.121 e. The minimum absolute atomic E-state index is 0.324. The van der Waals surface area contributed by atoms with Crippen LogP contribution in [0.5, 0.6) is 0 Å². The molecule has 1 heterocycles. The Kier molecular flexibility index (Phi) is 4.90. The van der Waals surface area contributed by atoms with Crippen molar-refractivity contribution in [3.63, 3.8) is 0 Å². The molecule has 0 aromatic carbocycles. The summed E-state index contributed by atoms with van der Waals surface area (Å²) in [5.74, 6) is 0.726. The predicted molar refractivity (Wildman–Crippen MR) is 58.9 cm³/mol. The molecule has 1 rings (SSSR count). The number of rotatable bonds is 6. The Morgan fingerprint density at radius 3 is 2.80 bits per heavy atom. The van der Waals surface area contributed by atoms with E-state index in [-0.39, 0.29) is 0 Å². The van der Waals surface area contributed by atoms with Crippen LogP contribution >= 0.6 is 0 Å². The van der Waals surface area contributed by atoms with Gasteiger partial charge in [0.05, 0.1) is 0 Å². The lowest BCUT2D eigenvalue weighted by Gasteiger charge is -2.11. The third kappa shape index (κ3) is 4.53. The second kappa shape index (κ2) is 5.97. The zero-order valence-corrected chi connectivity index (χ0v) is 10.1. The maximum atomic E-state index is 10.9. The molecule has 1 aromatic rings. The van der Waals surface area contributed by atoms with E-state index < -0.39 is 10.8 Å². The van der Waals surface area contributed by atoms with E-state index in [0.717, 1.165) is 23.6 Å². The molecule has 0 aliphatic heterocycles. The molecule has 0 aliphatic rings.